The molecule has 0 aliphatic carbocycles. The van der Waals surface area contributed by atoms with Crippen LogP contribution in [0, 0.1) is 12.8 Å². The van der Waals surface area contributed by atoms with Gasteiger partial charge in [0.2, 0.25) is 5.91 Å². The number of pyridine rings is 1. The van der Waals surface area contributed by atoms with Gasteiger partial charge in [-0.2, -0.15) is 0 Å². The van der Waals surface area contributed by atoms with Crippen molar-refractivity contribution in [2.45, 2.75) is 38.6 Å². The van der Waals surface area contributed by atoms with Gasteiger partial charge in [-0.1, -0.05) is 6.07 Å². The molecule has 2 aliphatic heterocycles. The second kappa shape index (κ2) is 7.41. The lowest BCUT2D eigenvalue weighted by Gasteiger charge is -2.42. The first-order valence-electron chi connectivity index (χ1n) is 10.6. The van der Waals surface area contributed by atoms with E-state index in [1.807, 2.05) is 22.5 Å². The van der Waals surface area contributed by atoms with Crippen LogP contribution in [0.4, 0.5) is 0 Å². The van der Waals surface area contributed by atoms with E-state index in [0.29, 0.717) is 37.2 Å². The van der Waals surface area contributed by atoms with Crippen LogP contribution >= 0.6 is 0 Å². The number of likely N-dealkylation sites (tertiary alicyclic amines) is 1. The molecular weight excluding hydrogens is 396 g/mol. The first-order valence-corrected chi connectivity index (χ1v) is 10.6. The normalized spacial score (nSPS) is 20.0. The van der Waals surface area contributed by atoms with Crippen LogP contribution in [0.25, 0.3) is 11.0 Å². The Morgan fingerprint density at radius 1 is 1.16 bits per heavy atom. The van der Waals surface area contributed by atoms with Gasteiger partial charge in [-0.05, 0) is 49.4 Å². The molecule has 1 amide bonds. The summed E-state index contributed by atoms with van der Waals surface area (Å²) >= 11 is 0. The van der Waals surface area contributed by atoms with E-state index in [-0.39, 0.29) is 35.5 Å². The van der Waals surface area contributed by atoms with E-state index in [1.54, 1.807) is 24.3 Å². The number of hydrogen-bond donors (Lipinski definition) is 1. The number of phenols is 1. The van der Waals surface area contributed by atoms with E-state index in [4.69, 9.17) is 4.42 Å². The average molecular weight is 420 g/mol. The highest BCUT2D eigenvalue weighted by Crippen LogP contribution is 2.35. The molecule has 4 heterocycles. The Balaban J connectivity index is 1.34. The van der Waals surface area contributed by atoms with E-state index in [0.717, 1.165) is 23.1 Å². The quantitative estimate of drug-likeness (QED) is 0.658. The number of hydrogen-bond acceptors (Lipinski definition) is 5. The number of aromatic nitrogens is 1. The molecule has 7 nitrogen and oxygen atoms in total. The van der Waals surface area contributed by atoms with Crippen molar-refractivity contribution in [3.63, 3.8) is 0 Å². The van der Waals surface area contributed by atoms with Crippen molar-refractivity contribution in [3.8, 4) is 5.75 Å². The zero-order valence-electron chi connectivity index (χ0n) is 17.3. The lowest BCUT2D eigenvalue weighted by atomic mass is 9.83. The van der Waals surface area contributed by atoms with Gasteiger partial charge in [0.15, 0.2) is 0 Å². The first kappa shape index (κ1) is 19.6. The lowest BCUT2D eigenvalue weighted by Crippen LogP contribution is -2.49. The number of carbonyl (C=O) groups is 1. The highest BCUT2D eigenvalue weighted by molar-refractivity contribution is 5.82. The maximum absolute atomic E-state index is 13.0. The van der Waals surface area contributed by atoms with E-state index < -0.39 is 5.63 Å². The van der Waals surface area contributed by atoms with Crippen LogP contribution in [0.3, 0.4) is 0 Å². The smallest absolute Gasteiger partial charge is 0.339 e. The third-order valence-corrected chi connectivity index (χ3v) is 6.69. The molecule has 2 atom stereocenters. The molecule has 2 aliphatic rings. The summed E-state index contributed by atoms with van der Waals surface area (Å²) in [6.07, 6.45) is 1.54. The van der Waals surface area contributed by atoms with E-state index in [2.05, 4.69) is 0 Å². The Morgan fingerprint density at radius 2 is 2.00 bits per heavy atom. The van der Waals surface area contributed by atoms with Gasteiger partial charge in [0.05, 0.1) is 0 Å². The van der Waals surface area contributed by atoms with Crippen molar-refractivity contribution >= 4 is 16.9 Å². The molecular formula is C24H24N2O5. The number of nitrogens with zero attached hydrogens (tertiary/aromatic N) is 2. The SMILES string of the molecule is Cc1c(CCC(=O)N2C[C@@H]3C[C@@H](C2)c2cccc(=O)n2C3)c(=O)oc2cc(O)ccc12. The fraction of sp³-hybridized carbons (Fsp3) is 0.375. The number of rotatable bonds is 3. The fourth-order valence-corrected chi connectivity index (χ4v) is 5.16. The maximum Gasteiger partial charge on any atom is 0.339 e. The van der Waals surface area contributed by atoms with Crippen molar-refractivity contribution < 1.29 is 14.3 Å². The second-order valence-electron chi connectivity index (χ2n) is 8.67. The van der Waals surface area contributed by atoms with Crippen molar-refractivity contribution in [3.05, 3.63) is 74.0 Å². The number of carbonyl (C=O) groups excluding carboxylic acids is 1. The predicted molar refractivity (Wildman–Crippen MR) is 115 cm³/mol. The molecule has 2 aromatic heterocycles. The molecule has 7 heteroatoms. The summed E-state index contributed by atoms with van der Waals surface area (Å²) in [6.45, 7) is 3.73. The van der Waals surface area contributed by atoms with E-state index in [9.17, 15) is 19.5 Å². The van der Waals surface area contributed by atoms with Crippen LogP contribution in [0.5, 0.6) is 5.75 Å². The van der Waals surface area contributed by atoms with Gasteiger partial charge in [0.25, 0.3) is 5.56 Å². The predicted octanol–water partition coefficient (Wildman–Crippen LogP) is 2.55. The summed E-state index contributed by atoms with van der Waals surface area (Å²) in [7, 11) is 0. The van der Waals surface area contributed by atoms with Crippen LogP contribution in [0.1, 0.15) is 35.6 Å². The number of amides is 1. The molecule has 0 radical (unpaired) electrons. The molecule has 2 bridgehead atoms. The van der Waals surface area contributed by atoms with Crippen molar-refractivity contribution in [1.29, 1.82) is 0 Å². The van der Waals surface area contributed by atoms with Crippen LogP contribution in [-0.2, 0) is 17.8 Å². The Labute approximate surface area is 178 Å². The number of benzene rings is 1. The van der Waals surface area contributed by atoms with E-state index in [1.165, 1.54) is 6.07 Å². The molecule has 0 saturated carbocycles. The standard InChI is InChI=1S/C24H24N2O5/c1-14-18-6-5-17(27)10-21(18)31-24(30)19(14)7-8-22(28)25-11-15-9-16(13-25)20-3-2-4-23(29)26(20)12-15/h2-6,10,15-16,27H,7-9,11-13H2,1H3/t15-,16-/m0/s1. The largest absolute Gasteiger partial charge is 0.508 e. The number of phenolic OH excluding ortho intramolecular Hbond substituents is 1. The Bertz CT molecular complexity index is 1310. The molecule has 0 unspecified atom stereocenters. The second-order valence-corrected chi connectivity index (χ2v) is 8.67. The molecule has 0 spiro atoms. The molecule has 1 saturated heterocycles. The summed E-state index contributed by atoms with van der Waals surface area (Å²) in [5.74, 6) is 0.504. The van der Waals surface area contributed by atoms with Gasteiger partial charge in [-0.25, -0.2) is 4.79 Å². The van der Waals surface area contributed by atoms with Crippen LogP contribution in [-0.4, -0.2) is 33.6 Å². The van der Waals surface area contributed by atoms with E-state index >= 15 is 0 Å². The molecule has 1 aromatic carbocycles. The van der Waals surface area contributed by atoms with Crippen molar-refractivity contribution in [1.82, 2.24) is 9.47 Å². The molecule has 1 fully saturated rings. The average Bonchev–Trinajstić information content (AvgIpc) is 2.74. The molecule has 3 aromatic rings. The van der Waals surface area contributed by atoms with Gasteiger partial charge < -0.3 is 19.0 Å². The van der Waals surface area contributed by atoms with Gasteiger partial charge in [-0.15, -0.1) is 0 Å². The minimum absolute atomic E-state index is 0.0195. The van der Waals surface area contributed by atoms with Gasteiger partial charge in [0.1, 0.15) is 11.3 Å². The molecule has 1 N–H and O–H groups in total. The summed E-state index contributed by atoms with van der Waals surface area (Å²) in [5, 5.41) is 10.4. The Kier molecular flexibility index (Phi) is 4.68. The van der Waals surface area contributed by atoms with Crippen LogP contribution in [0.15, 0.2) is 50.4 Å². The highest BCUT2D eigenvalue weighted by atomic mass is 16.4. The zero-order chi connectivity index (χ0) is 21.7. The number of piperidine rings is 1. The summed E-state index contributed by atoms with van der Waals surface area (Å²) < 4.78 is 7.22. The lowest BCUT2D eigenvalue weighted by molar-refractivity contribution is -0.133. The first-order chi connectivity index (χ1) is 14.9. The van der Waals surface area contributed by atoms with Gasteiger partial charge >= 0.3 is 5.63 Å². The molecule has 160 valence electrons. The number of aryl methyl sites for hydroxylation is 1. The zero-order valence-corrected chi connectivity index (χ0v) is 17.3. The van der Waals surface area contributed by atoms with Crippen molar-refractivity contribution in [2.24, 2.45) is 5.92 Å². The molecule has 31 heavy (non-hydrogen) atoms. The number of aromatic hydroxyl groups is 1. The van der Waals surface area contributed by atoms with Gasteiger partial charge in [-0.3, -0.25) is 9.59 Å². The van der Waals surface area contributed by atoms with Crippen molar-refractivity contribution in [2.75, 3.05) is 13.1 Å². The minimum atomic E-state index is -0.466. The summed E-state index contributed by atoms with van der Waals surface area (Å²) in [6, 6.07) is 10.1. The van der Waals surface area contributed by atoms with Gasteiger partial charge in [0, 0.05) is 60.7 Å². The number of fused-ring (bicyclic) bond motifs is 5. The Hall–Kier alpha value is -3.35. The summed E-state index contributed by atoms with van der Waals surface area (Å²) in [4.78, 5) is 39.5. The van der Waals surface area contributed by atoms with Crippen LogP contribution in [0.2, 0.25) is 0 Å². The highest BCUT2D eigenvalue weighted by Gasteiger charge is 2.36. The topological polar surface area (TPSA) is 92.8 Å². The fourth-order valence-electron chi connectivity index (χ4n) is 5.16. The minimum Gasteiger partial charge on any atom is -0.508 e. The Morgan fingerprint density at radius 3 is 2.84 bits per heavy atom. The summed E-state index contributed by atoms with van der Waals surface area (Å²) in [5.41, 5.74) is 2.19. The maximum atomic E-state index is 13.0. The third-order valence-electron chi connectivity index (χ3n) is 6.69. The van der Waals surface area contributed by atoms with Crippen LogP contribution < -0.4 is 11.2 Å². The molecule has 5 rings (SSSR count). The third kappa shape index (κ3) is 3.44. The monoisotopic (exact) mass is 420 g/mol.